The highest BCUT2D eigenvalue weighted by Crippen LogP contribution is 2.72. The molecule has 0 radical (unpaired) electrons. The Bertz CT molecular complexity index is 1490. The number of Topliss-reactive ketones (excluding diaryl/α,β-unsaturated/α-hetero) is 1. The minimum Gasteiger partial charge on any atom is -0.467 e. The molecule has 0 aromatic heterocycles. The van der Waals surface area contributed by atoms with Crippen molar-refractivity contribution in [1.29, 1.82) is 0 Å². The highest BCUT2D eigenvalue weighted by Gasteiger charge is 2.85. The minimum atomic E-state index is -2.34. The molecule has 16 heteroatoms. The first-order chi connectivity index (χ1) is 23.4. The average Bonchev–Trinajstić information content (AvgIpc) is 3.38. The van der Waals surface area contributed by atoms with Crippen LogP contribution in [0.4, 0.5) is 0 Å². The first kappa shape index (κ1) is 36.8. The van der Waals surface area contributed by atoms with E-state index >= 15 is 0 Å². The molecule has 278 valence electrons. The van der Waals surface area contributed by atoms with E-state index in [4.69, 9.17) is 28.4 Å². The summed E-state index contributed by atoms with van der Waals surface area (Å²) in [4.78, 5) is 54.5. The minimum absolute atomic E-state index is 0.0294. The Morgan fingerprint density at radius 3 is 2.36 bits per heavy atom. The van der Waals surface area contributed by atoms with E-state index in [-0.39, 0.29) is 24.7 Å². The highest BCUT2D eigenvalue weighted by molar-refractivity contribution is 5.97. The van der Waals surface area contributed by atoms with Crippen LogP contribution in [0.25, 0.3) is 0 Å². The van der Waals surface area contributed by atoms with E-state index in [1.807, 2.05) is 13.8 Å². The molecule has 0 aromatic carbocycles. The van der Waals surface area contributed by atoms with Gasteiger partial charge in [0.1, 0.15) is 36.6 Å². The number of esters is 3. The first-order valence-corrected chi connectivity index (χ1v) is 16.8. The number of carbonyl (C=O) groups is 4. The summed E-state index contributed by atoms with van der Waals surface area (Å²) >= 11 is 0. The van der Waals surface area contributed by atoms with Crippen LogP contribution in [0.3, 0.4) is 0 Å². The van der Waals surface area contributed by atoms with Gasteiger partial charge in [0, 0.05) is 23.3 Å². The van der Waals surface area contributed by atoms with Gasteiger partial charge in [-0.05, 0) is 36.7 Å². The second kappa shape index (κ2) is 12.6. The summed E-state index contributed by atoms with van der Waals surface area (Å²) in [6.07, 6.45) is -12.2. The fraction of sp³-hybridized carbons (Fsp3) is 0.765. The number of methoxy groups -OCH3 is 1. The second-order valence-corrected chi connectivity index (χ2v) is 15.1. The van der Waals surface area contributed by atoms with Crippen LogP contribution in [0.2, 0.25) is 0 Å². The Morgan fingerprint density at radius 1 is 1.06 bits per heavy atom. The number of hydrogen-bond donors (Lipinski definition) is 6. The number of aliphatic hydroxyl groups is 6. The monoisotopic (exact) mass is 710 g/mol. The van der Waals surface area contributed by atoms with Crippen molar-refractivity contribution in [2.45, 2.75) is 102 Å². The van der Waals surface area contributed by atoms with Crippen LogP contribution in [0.5, 0.6) is 0 Å². The number of ketones is 1. The van der Waals surface area contributed by atoms with Crippen LogP contribution >= 0.6 is 0 Å². The fourth-order valence-corrected chi connectivity index (χ4v) is 9.69. The normalized spacial score (nSPS) is 48.2. The number of carbonyl (C=O) groups excluding carboxylic acids is 4. The lowest BCUT2D eigenvalue weighted by Crippen LogP contribution is -2.79. The van der Waals surface area contributed by atoms with E-state index in [0.717, 1.165) is 7.11 Å². The first-order valence-electron chi connectivity index (χ1n) is 16.8. The quantitative estimate of drug-likeness (QED) is 0.0976. The van der Waals surface area contributed by atoms with Crippen LogP contribution in [0.1, 0.15) is 41.0 Å². The number of ether oxygens (including phenoxy) is 6. The van der Waals surface area contributed by atoms with Gasteiger partial charge in [0.15, 0.2) is 11.5 Å². The van der Waals surface area contributed by atoms with Gasteiger partial charge in [-0.25, -0.2) is 14.4 Å². The maximum Gasteiger partial charge on any atom is 0.348 e. The standard InChI is InChI=1S/C34H46O16/c1-12(2)13(3)7-19(36)50-25-27-33-11-46-34(27,31(44)45-6)28(42)24(41)26(33)32(5)9-16(20(37)14(4)15(32)8-18(33)49-29(25)43)47-30-23(40)22(39)21(38)17(10-35)48-30/h7,9,12,14-15,17-18,21-28,30,35,38-42H,8,10-11H2,1-6H3/b13-7-/t14-,15+,17-,18+,21-,22+,23-,24-,25-,26-,27-,28-,30-,32-,33+,34-/m0/s1. The summed E-state index contributed by atoms with van der Waals surface area (Å²) in [6.45, 7) is 7.69. The van der Waals surface area contributed by atoms with Gasteiger partial charge in [0.25, 0.3) is 0 Å². The molecule has 2 bridgehead atoms. The maximum atomic E-state index is 13.8. The van der Waals surface area contributed by atoms with Crippen molar-refractivity contribution >= 4 is 23.7 Å². The zero-order chi connectivity index (χ0) is 36.8. The molecule has 16 nitrogen and oxygen atoms in total. The predicted octanol–water partition coefficient (Wildman–Crippen LogP) is -1.73. The molecule has 3 heterocycles. The van der Waals surface area contributed by atoms with Crippen LogP contribution in [-0.4, -0.2) is 135 Å². The summed E-state index contributed by atoms with van der Waals surface area (Å²) < 4.78 is 34.4. The summed E-state index contributed by atoms with van der Waals surface area (Å²) in [5.74, 6) is -7.88. The lowest BCUT2D eigenvalue weighted by atomic mass is 9.38. The topological polar surface area (TPSA) is 245 Å². The maximum absolute atomic E-state index is 13.8. The molecular formula is C34H46O16. The number of rotatable bonds is 7. The van der Waals surface area contributed by atoms with Crippen LogP contribution in [-0.2, 0) is 47.6 Å². The molecule has 0 aromatic rings. The van der Waals surface area contributed by atoms with Crippen molar-refractivity contribution in [3.63, 3.8) is 0 Å². The van der Waals surface area contributed by atoms with Gasteiger partial charge in [0.05, 0.1) is 32.3 Å². The molecule has 0 amide bonds. The summed E-state index contributed by atoms with van der Waals surface area (Å²) in [5.41, 5.74) is -4.45. The Morgan fingerprint density at radius 2 is 1.74 bits per heavy atom. The third-order valence-corrected chi connectivity index (χ3v) is 12.4. The Labute approximate surface area is 287 Å². The molecule has 6 rings (SSSR count). The zero-order valence-corrected chi connectivity index (χ0v) is 28.6. The number of allylic oxidation sites excluding steroid dienone is 3. The molecule has 0 unspecified atom stereocenters. The molecule has 6 aliphatic rings. The van der Waals surface area contributed by atoms with Crippen LogP contribution in [0.15, 0.2) is 23.5 Å². The van der Waals surface area contributed by atoms with Gasteiger partial charge < -0.3 is 59.1 Å². The van der Waals surface area contributed by atoms with Crippen molar-refractivity contribution in [3.05, 3.63) is 23.5 Å². The largest absolute Gasteiger partial charge is 0.467 e. The van der Waals surface area contributed by atoms with Crippen LogP contribution < -0.4 is 0 Å². The highest BCUT2D eigenvalue weighted by atomic mass is 16.7. The van der Waals surface area contributed by atoms with Crippen molar-refractivity contribution in [1.82, 2.24) is 0 Å². The summed E-state index contributed by atoms with van der Waals surface area (Å²) in [5, 5.41) is 64.8. The van der Waals surface area contributed by atoms with Crippen molar-refractivity contribution < 1.29 is 78.2 Å². The van der Waals surface area contributed by atoms with Gasteiger partial charge in [0.2, 0.25) is 18.0 Å². The number of hydrogen-bond acceptors (Lipinski definition) is 16. The van der Waals surface area contributed by atoms with E-state index in [9.17, 15) is 49.8 Å². The summed E-state index contributed by atoms with van der Waals surface area (Å²) in [6, 6.07) is 0. The molecule has 6 N–H and O–H groups in total. The van der Waals surface area contributed by atoms with Crippen molar-refractivity contribution in [3.8, 4) is 0 Å². The third-order valence-electron chi connectivity index (χ3n) is 12.4. The molecule has 3 aliphatic carbocycles. The Kier molecular flexibility index (Phi) is 9.29. The van der Waals surface area contributed by atoms with E-state index in [2.05, 4.69) is 0 Å². The van der Waals surface area contributed by atoms with Gasteiger partial charge >= 0.3 is 17.9 Å². The fourth-order valence-electron chi connectivity index (χ4n) is 9.69. The second-order valence-electron chi connectivity index (χ2n) is 15.1. The Balaban J connectivity index is 1.47. The van der Waals surface area contributed by atoms with Gasteiger partial charge in [-0.1, -0.05) is 33.3 Å². The summed E-state index contributed by atoms with van der Waals surface area (Å²) in [7, 11) is 1.06. The van der Waals surface area contributed by atoms with Gasteiger partial charge in [-0.15, -0.1) is 0 Å². The van der Waals surface area contributed by atoms with E-state index in [1.54, 1.807) is 20.8 Å². The predicted molar refractivity (Wildman–Crippen MR) is 164 cm³/mol. The molecule has 3 saturated heterocycles. The third kappa shape index (κ3) is 4.94. The van der Waals surface area contributed by atoms with Gasteiger partial charge in [-0.3, -0.25) is 4.79 Å². The van der Waals surface area contributed by atoms with Crippen molar-refractivity contribution in [2.75, 3.05) is 20.3 Å². The molecule has 5 fully saturated rings. The Hall–Kier alpha value is -2.96. The molecular weight excluding hydrogens is 664 g/mol. The average molecular weight is 711 g/mol. The number of aliphatic hydroxyl groups excluding tert-OH is 6. The smallest absolute Gasteiger partial charge is 0.348 e. The molecule has 50 heavy (non-hydrogen) atoms. The van der Waals surface area contributed by atoms with E-state index in [1.165, 1.54) is 12.2 Å². The van der Waals surface area contributed by atoms with Crippen LogP contribution in [0, 0.1) is 40.4 Å². The molecule has 1 spiro atoms. The van der Waals surface area contributed by atoms with E-state index < -0.39 is 126 Å². The molecule has 16 atom stereocenters. The lowest BCUT2D eigenvalue weighted by Gasteiger charge is -2.67. The molecule has 3 aliphatic heterocycles. The number of fused-ring (bicyclic) bond motifs is 2. The molecule has 2 saturated carbocycles. The zero-order valence-electron chi connectivity index (χ0n) is 28.6. The van der Waals surface area contributed by atoms with E-state index in [0.29, 0.717) is 5.57 Å². The SMILES string of the molecule is COC(=O)[C@]12OC[C@@]34[C@@H]1[C@H](OC(=O)/C=C(/C)C(C)C)C(=O)O[C@@H]3C[C@@H]1[C@H](C)C(=O)C(O[C@H]3O[C@@H](CO)[C@H](O)[C@@H](O)[C@@H]3O)=C[C@]1(C)[C@@H]4[C@H](O)[C@@H]2O. The van der Waals surface area contributed by atoms with Gasteiger partial charge in [-0.2, -0.15) is 0 Å². The lowest BCUT2D eigenvalue weighted by molar-refractivity contribution is -0.296. The van der Waals surface area contributed by atoms with Crippen molar-refractivity contribution in [2.24, 2.45) is 40.4 Å².